The van der Waals surface area contributed by atoms with Crippen LogP contribution in [0.3, 0.4) is 0 Å². The van der Waals surface area contributed by atoms with Crippen LogP contribution in [0.5, 0.6) is 0 Å². The first-order valence-electron chi connectivity index (χ1n) is 11.9. The molecule has 9 heteroatoms. The van der Waals surface area contributed by atoms with E-state index in [0.29, 0.717) is 42.5 Å². The van der Waals surface area contributed by atoms with Gasteiger partial charge in [-0.05, 0) is 36.8 Å². The summed E-state index contributed by atoms with van der Waals surface area (Å²) in [5.74, 6) is 1.74. The Morgan fingerprint density at radius 2 is 1.88 bits per heavy atom. The molecule has 174 valence electrons. The largest absolute Gasteiger partial charge is 0.343 e. The molecular weight excluding hydrogens is 440 g/mol. The maximum absolute atomic E-state index is 12.7. The van der Waals surface area contributed by atoms with Gasteiger partial charge in [0.2, 0.25) is 5.91 Å². The smallest absolute Gasteiger partial charge is 0.281 e. The molecule has 0 atom stereocenters. The summed E-state index contributed by atoms with van der Waals surface area (Å²) in [7, 11) is 0. The molecular formula is C24H29ClN6O2. The van der Waals surface area contributed by atoms with Crippen LogP contribution in [0.25, 0.3) is 11.2 Å². The van der Waals surface area contributed by atoms with Crippen LogP contribution in [-0.4, -0.2) is 48.9 Å². The summed E-state index contributed by atoms with van der Waals surface area (Å²) in [6.45, 7) is 1.79. The molecule has 2 fully saturated rings. The van der Waals surface area contributed by atoms with Crippen molar-refractivity contribution in [1.29, 1.82) is 0 Å². The number of fused-ring (bicyclic) bond motifs is 1. The highest BCUT2D eigenvalue weighted by molar-refractivity contribution is 6.31. The summed E-state index contributed by atoms with van der Waals surface area (Å²) in [4.78, 5) is 34.9. The Morgan fingerprint density at radius 1 is 1.12 bits per heavy atom. The summed E-state index contributed by atoms with van der Waals surface area (Å²) in [6.07, 6.45) is 8.43. The lowest BCUT2D eigenvalue weighted by Gasteiger charge is -2.31. The minimum Gasteiger partial charge on any atom is -0.343 e. The Hall–Kier alpha value is -2.74. The van der Waals surface area contributed by atoms with Crippen LogP contribution >= 0.6 is 11.6 Å². The number of benzene rings is 1. The van der Waals surface area contributed by atoms with Crippen molar-refractivity contribution in [3.8, 4) is 0 Å². The van der Waals surface area contributed by atoms with Crippen LogP contribution in [-0.2, 0) is 11.3 Å². The van der Waals surface area contributed by atoms with Crippen molar-refractivity contribution < 1.29 is 4.79 Å². The van der Waals surface area contributed by atoms with Gasteiger partial charge in [0, 0.05) is 30.5 Å². The first-order valence-corrected chi connectivity index (χ1v) is 12.3. The van der Waals surface area contributed by atoms with Gasteiger partial charge < -0.3 is 9.88 Å². The molecule has 2 aliphatic rings. The van der Waals surface area contributed by atoms with Gasteiger partial charge >= 0.3 is 0 Å². The van der Waals surface area contributed by atoms with Crippen LogP contribution in [0, 0.1) is 5.92 Å². The van der Waals surface area contributed by atoms with Crippen LogP contribution in [0.15, 0.2) is 29.1 Å². The number of likely N-dealkylation sites (tertiary alicyclic amines) is 1. The third kappa shape index (κ3) is 4.81. The number of piperidine rings is 1. The molecule has 0 radical (unpaired) electrons. The Kier molecular flexibility index (Phi) is 6.44. The zero-order chi connectivity index (χ0) is 22.8. The zero-order valence-corrected chi connectivity index (χ0v) is 19.4. The average Bonchev–Trinajstić information content (AvgIpc) is 3.50. The first kappa shape index (κ1) is 22.1. The molecule has 1 aliphatic carbocycles. The minimum atomic E-state index is -0.282. The topological polar surface area (TPSA) is 96.8 Å². The summed E-state index contributed by atoms with van der Waals surface area (Å²) in [5, 5.41) is 8.80. The maximum atomic E-state index is 12.7. The van der Waals surface area contributed by atoms with E-state index in [9.17, 15) is 9.59 Å². The standard InChI is InChI=1S/C24H29ClN6O2/c25-19-8-4-3-7-18(19)15-31-23-21(28-29-31)24(33)27-22(26-23)17-11-13-30(14-12-17)20(32)10-9-16-5-1-2-6-16/h3-4,7-8,16-17H,1-2,5-6,9-15H2,(H,26,27,33). The summed E-state index contributed by atoms with van der Waals surface area (Å²) >= 11 is 6.29. The molecule has 1 aliphatic heterocycles. The van der Waals surface area contributed by atoms with Gasteiger partial charge in [-0.1, -0.05) is 60.7 Å². The van der Waals surface area contributed by atoms with Gasteiger partial charge in [0.1, 0.15) is 5.82 Å². The number of rotatable bonds is 6. The van der Waals surface area contributed by atoms with E-state index in [-0.39, 0.29) is 22.9 Å². The molecule has 0 unspecified atom stereocenters. The molecule has 1 aromatic carbocycles. The second-order valence-electron chi connectivity index (χ2n) is 9.31. The van der Waals surface area contributed by atoms with Gasteiger partial charge in [0.25, 0.3) is 5.56 Å². The second-order valence-corrected chi connectivity index (χ2v) is 9.71. The van der Waals surface area contributed by atoms with Gasteiger partial charge in [-0.2, -0.15) is 0 Å². The van der Waals surface area contributed by atoms with E-state index in [4.69, 9.17) is 16.6 Å². The van der Waals surface area contributed by atoms with E-state index in [1.54, 1.807) is 4.68 Å². The van der Waals surface area contributed by atoms with Crippen LogP contribution in [0.2, 0.25) is 5.02 Å². The van der Waals surface area contributed by atoms with Crippen molar-refractivity contribution in [2.45, 2.75) is 63.8 Å². The number of aromatic nitrogens is 5. The van der Waals surface area contributed by atoms with Crippen LogP contribution < -0.4 is 5.56 Å². The van der Waals surface area contributed by atoms with E-state index >= 15 is 0 Å². The molecule has 33 heavy (non-hydrogen) atoms. The van der Waals surface area contributed by atoms with Gasteiger partial charge in [-0.3, -0.25) is 9.59 Å². The number of carbonyl (C=O) groups is 1. The fraction of sp³-hybridized carbons (Fsp3) is 0.542. The fourth-order valence-electron chi connectivity index (χ4n) is 5.16. The van der Waals surface area contributed by atoms with Crippen molar-refractivity contribution in [3.63, 3.8) is 0 Å². The summed E-state index contributed by atoms with van der Waals surface area (Å²) in [5.41, 5.74) is 1.29. The molecule has 2 aromatic heterocycles. The van der Waals surface area contributed by atoms with Crippen molar-refractivity contribution >= 4 is 28.7 Å². The van der Waals surface area contributed by atoms with Crippen LogP contribution in [0.4, 0.5) is 0 Å². The number of nitrogens with zero attached hydrogens (tertiary/aromatic N) is 5. The molecule has 1 saturated heterocycles. The molecule has 0 bridgehead atoms. The van der Waals surface area contributed by atoms with Crippen LogP contribution in [0.1, 0.15) is 68.7 Å². The molecule has 1 N–H and O–H groups in total. The monoisotopic (exact) mass is 468 g/mol. The third-order valence-electron chi connectivity index (χ3n) is 7.15. The van der Waals surface area contributed by atoms with Gasteiger partial charge in [-0.15, -0.1) is 5.10 Å². The van der Waals surface area contributed by atoms with Crippen molar-refractivity contribution in [2.75, 3.05) is 13.1 Å². The van der Waals surface area contributed by atoms with Gasteiger partial charge in [-0.25, -0.2) is 9.67 Å². The Morgan fingerprint density at radius 3 is 2.64 bits per heavy atom. The molecule has 3 heterocycles. The van der Waals surface area contributed by atoms with E-state index < -0.39 is 0 Å². The number of carbonyl (C=O) groups excluding carboxylic acids is 1. The Labute approximate surface area is 197 Å². The number of H-pyrrole nitrogens is 1. The highest BCUT2D eigenvalue weighted by Crippen LogP contribution is 2.30. The van der Waals surface area contributed by atoms with Crippen molar-refractivity contribution in [1.82, 2.24) is 29.9 Å². The van der Waals surface area contributed by atoms with Crippen molar-refractivity contribution in [2.24, 2.45) is 5.92 Å². The molecule has 0 spiro atoms. The van der Waals surface area contributed by atoms with Gasteiger partial charge in [0.15, 0.2) is 11.2 Å². The lowest BCUT2D eigenvalue weighted by molar-refractivity contribution is -0.132. The van der Waals surface area contributed by atoms with E-state index in [0.717, 1.165) is 30.7 Å². The highest BCUT2D eigenvalue weighted by atomic mass is 35.5. The van der Waals surface area contributed by atoms with Crippen molar-refractivity contribution in [3.05, 3.63) is 51.0 Å². The number of aromatic amines is 1. The zero-order valence-electron chi connectivity index (χ0n) is 18.7. The number of halogens is 1. The van der Waals surface area contributed by atoms with E-state index in [1.165, 1.54) is 25.7 Å². The van der Waals surface area contributed by atoms with E-state index in [1.807, 2.05) is 29.2 Å². The number of hydrogen-bond acceptors (Lipinski definition) is 5. The lowest BCUT2D eigenvalue weighted by atomic mass is 9.95. The lowest BCUT2D eigenvalue weighted by Crippen LogP contribution is -2.38. The summed E-state index contributed by atoms with van der Waals surface area (Å²) in [6, 6.07) is 7.53. The number of hydrogen-bond donors (Lipinski definition) is 1. The highest BCUT2D eigenvalue weighted by Gasteiger charge is 2.27. The Balaban J connectivity index is 1.27. The SMILES string of the molecule is O=C(CCC1CCCC1)N1CCC(c2nc3c(nnn3Cc3ccccc3Cl)c(=O)[nH]2)CC1. The normalized spacial score (nSPS) is 17.8. The number of amides is 1. The first-order chi connectivity index (χ1) is 16.1. The molecule has 3 aromatic rings. The van der Waals surface area contributed by atoms with E-state index in [2.05, 4.69) is 15.3 Å². The minimum absolute atomic E-state index is 0.102. The quantitative estimate of drug-likeness (QED) is 0.591. The molecule has 8 nitrogen and oxygen atoms in total. The third-order valence-corrected chi connectivity index (χ3v) is 7.51. The second kappa shape index (κ2) is 9.63. The maximum Gasteiger partial charge on any atom is 0.281 e. The average molecular weight is 469 g/mol. The summed E-state index contributed by atoms with van der Waals surface area (Å²) < 4.78 is 1.62. The molecule has 1 amide bonds. The number of nitrogens with one attached hydrogen (secondary N) is 1. The Bertz CT molecular complexity index is 1190. The van der Waals surface area contributed by atoms with Gasteiger partial charge in [0.05, 0.1) is 6.54 Å². The predicted molar refractivity (Wildman–Crippen MR) is 126 cm³/mol. The molecule has 5 rings (SSSR count). The molecule has 1 saturated carbocycles. The predicted octanol–water partition coefficient (Wildman–Crippen LogP) is 3.89. The fourth-order valence-corrected chi connectivity index (χ4v) is 5.35.